The number of sulfonamides is 1. The zero-order chi connectivity index (χ0) is 18.9. The molecule has 2 aliphatic heterocycles. The lowest BCUT2D eigenvalue weighted by Gasteiger charge is -2.26. The molecule has 0 atom stereocenters. The topological polar surface area (TPSA) is 46.6 Å². The molecule has 0 bridgehead atoms. The number of benzene rings is 2. The SMILES string of the molecule is CC1(C)OCc2ccc(S(=O)(=O)N3CC4(CCCC4)c4ccccc43)cc21. The molecule has 0 N–H and O–H groups in total. The van der Waals surface area contributed by atoms with E-state index in [1.165, 1.54) is 18.4 Å². The number of fused-ring (bicyclic) bond motifs is 3. The number of rotatable bonds is 2. The zero-order valence-corrected chi connectivity index (χ0v) is 16.7. The molecule has 1 saturated carbocycles. The molecule has 0 aromatic heterocycles. The van der Waals surface area contributed by atoms with Crippen LogP contribution in [0.25, 0.3) is 0 Å². The summed E-state index contributed by atoms with van der Waals surface area (Å²) in [6.07, 6.45) is 4.49. The fourth-order valence-electron chi connectivity index (χ4n) is 5.14. The van der Waals surface area contributed by atoms with Gasteiger partial charge in [0.2, 0.25) is 0 Å². The van der Waals surface area contributed by atoms with Gasteiger partial charge in [0.1, 0.15) is 0 Å². The Morgan fingerprint density at radius 2 is 1.74 bits per heavy atom. The van der Waals surface area contributed by atoms with Crippen molar-refractivity contribution in [2.24, 2.45) is 0 Å². The quantitative estimate of drug-likeness (QED) is 0.768. The molecule has 0 amide bonds. The Bertz CT molecular complexity index is 1020. The molecule has 5 rings (SSSR count). The van der Waals surface area contributed by atoms with Crippen LogP contribution in [-0.4, -0.2) is 15.0 Å². The smallest absolute Gasteiger partial charge is 0.264 e. The highest BCUT2D eigenvalue weighted by Gasteiger charge is 2.48. The second-order valence-corrected chi connectivity index (χ2v) is 10.5. The maximum absolute atomic E-state index is 13.6. The predicted octanol–water partition coefficient (Wildman–Crippen LogP) is 4.47. The standard InChI is InChI=1S/C22H25NO3S/c1-21(2)19-13-17(10-9-16(19)14-26-21)27(24,25)23-15-22(11-5-6-12-22)18-7-3-4-8-20(18)23/h3-4,7-10,13H,5-6,11-12,14-15H2,1-2H3. The van der Waals surface area contributed by atoms with E-state index in [1.54, 1.807) is 10.4 Å². The highest BCUT2D eigenvalue weighted by molar-refractivity contribution is 7.92. The molecule has 5 heteroatoms. The van der Waals surface area contributed by atoms with Crippen molar-refractivity contribution in [1.29, 1.82) is 0 Å². The Morgan fingerprint density at radius 1 is 1.00 bits per heavy atom. The molecule has 2 aromatic carbocycles. The van der Waals surface area contributed by atoms with Crippen LogP contribution in [0.15, 0.2) is 47.4 Å². The summed E-state index contributed by atoms with van der Waals surface area (Å²) in [4.78, 5) is 0.365. The van der Waals surface area contributed by atoms with Gasteiger partial charge in [-0.05, 0) is 61.6 Å². The summed E-state index contributed by atoms with van der Waals surface area (Å²) < 4.78 is 34.7. The molecule has 1 spiro atoms. The molecular formula is C22H25NO3S. The Kier molecular flexibility index (Phi) is 3.57. The summed E-state index contributed by atoms with van der Waals surface area (Å²) in [6.45, 7) is 5.09. The van der Waals surface area contributed by atoms with Crippen LogP contribution >= 0.6 is 0 Å². The van der Waals surface area contributed by atoms with Crippen molar-refractivity contribution < 1.29 is 13.2 Å². The maximum atomic E-state index is 13.6. The third-order valence-electron chi connectivity index (χ3n) is 6.66. The fraction of sp³-hybridized carbons (Fsp3) is 0.455. The molecule has 1 aliphatic carbocycles. The number of para-hydroxylation sites is 1. The van der Waals surface area contributed by atoms with Gasteiger partial charge in [0, 0.05) is 12.0 Å². The van der Waals surface area contributed by atoms with Gasteiger partial charge in [0.25, 0.3) is 10.0 Å². The van der Waals surface area contributed by atoms with Crippen LogP contribution in [0.5, 0.6) is 0 Å². The highest BCUT2D eigenvalue weighted by atomic mass is 32.2. The Labute approximate surface area is 161 Å². The van der Waals surface area contributed by atoms with Crippen LogP contribution < -0.4 is 4.31 Å². The van der Waals surface area contributed by atoms with E-state index in [-0.39, 0.29) is 5.41 Å². The lowest BCUT2D eigenvalue weighted by molar-refractivity contribution is -0.00796. The third-order valence-corrected chi connectivity index (χ3v) is 8.41. The average molecular weight is 384 g/mol. The molecule has 142 valence electrons. The number of hydrogen-bond acceptors (Lipinski definition) is 3. The Hall–Kier alpha value is -1.85. The Balaban J connectivity index is 1.61. The molecule has 1 fully saturated rings. The van der Waals surface area contributed by atoms with Crippen LogP contribution in [0.4, 0.5) is 5.69 Å². The second-order valence-electron chi connectivity index (χ2n) is 8.63. The van der Waals surface area contributed by atoms with E-state index < -0.39 is 15.6 Å². The molecule has 0 unspecified atom stereocenters. The van der Waals surface area contributed by atoms with E-state index >= 15 is 0 Å². The van der Waals surface area contributed by atoms with Crippen molar-refractivity contribution in [3.05, 3.63) is 59.2 Å². The van der Waals surface area contributed by atoms with E-state index in [0.717, 1.165) is 29.7 Å². The van der Waals surface area contributed by atoms with Gasteiger partial charge in [-0.15, -0.1) is 0 Å². The van der Waals surface area contributed by atoms with Crippen molar-refractivity contribution in [3.8, 4) is 0 Å². The largest absolute Gasteiger partial charge is 0.366 e. The van der Waals surface area contributed by atoms with Gasteiger partial charge in [-0.2, -0.15) is 0 Å². The summed E-state index contributed by atoms with van der Waals surface area (Å²) in [6, 6.07) is 13.5. The first kappa shape index (κ1) is 17.3. The molecule has 2 aromatic rings. The van der Waals surface area contributed by atoms with Crippen molar-refractivity contribution in [3.63, 3.8) is 0 Å². The van der Waals surface area contributed by atoms with Crippen molar-refractivity contribution in [2.45, 2.75) is 62.0 Å². The molecule has 2 heterocycles. The first-order valence-corrected chi connectivity index (χ1v) is 11.2. The number of anilines is 1. The average Bonchev–Trinajstić information content (AvgIpc) is 3.34. The van der Waals surface area contributed by atoms with Crippen molar-refractivity contribution in [1.82, 2.24) is 0 Å². The van der Waals surface area contributed by atoms with E-state index in [0.29, 0.717) is 18.0 Å². The second kappa shape index (κ2) is 5.58. The van der Waals surface area contributed by atoms with Crippen LogP contribution in [0.3, 0.4) is 0 Å². The summed E-state index contributed by atoms with van der Waals surface area (Å²) in [7, 11) is -3.61. The highest BCUT2D eigenvalue weighted by Crippen LogP contribution is 2.51. The third kappa shape index (κ3) is 2.41. The first-order valence-electron chi connectivity index (χ1n) is 9.73. The number of ether oxygens (including phenoxy) is 1. The normalized spacial score (nSPS) is 22.2. The first-order chi connectivity index (χ1) is 12.8. The van der Waals surface area contributed by atoms with Gasteiger partial charge < -0.3 is 4.74 Å². The minimum Gasteiger partial charge on any atom is -0.366 e. The molecule has 27 heavy (non-hydrogen) atoms. The lowest BCUT2D eigenvalue weighted by atomic mass is 9.81. The van der Waals surface area contributed by atoms with E-state index in [1.807, 2.05) is 44.2 Å². The van der Waals surface area contributed by atoms with Gasteiger partial charge in [0.15, 0.2) is 0 Å². The van der Waals surface area contributed by atoms with Gasteiger partial charge >= 0.3 is 0 Å². The van der Waals surface area contributed by atoms with Crippen LogP contribution in [0, 0.1) is 0 Å². The van der Waals surface area contributed by atoms with Gasteiger partial charge in [-0.25, -0.2) is 8.42 Å². The molecule has 4 nitrogen and oxygen atoms in total. The van der Waals surface area contributed by atoms with Crippen LogP contribution in [0.2, 0.25) is 0 Å². The fourth-order valence-corrected chi connectivity index (χ4v) is 6.74. The molecule has 0 saturated heterocycles. The summed E-state index contributed by atoms with van der Waals surface area (Å²) in [5, 5.41) is 0. The lowest BCUT2D eigenvalue weighted by Crippen LogP contribution is -2.35. The van der Waals surface area contributed by atoms with E-state index in [9.17, 15) is 8.42 Å². The predicted molar refractivity (Wildman–Crippen MR) is 105 cm³/mol. The van der Waals surface area contributed by atoms with Gasteiger partial charge in [-0.1, -0.05) is 37.1 Å². The summed E-state index contributed by atoms with van der Waals surface area (Å²) in [5.74, 6) is 0. The number of nitrogens with zero attached hydrogens (tertiary/aromatic N) is 1. The Morgan fingerprint density at radius 3 is 2.52 bits per heavy atom. The van der Waals surface area contributed by atoms with E-state index in [4.69, 9.17) is 4.74 Å². The minimum atomic E-state index is -3.61. The molecule has 3 aliphatic rings. The van der Waals surface area contributed by atoms with Crippen LogP contribution in [0.1, 0.15) is 56.2 Å². The minimum absolute atomic E-state index is 0.0111. The van der Waals surface area contributed by atoms with Gasteiger partial charge in [-0.3, -0.25) is 4.31 Å². The van der Waals surface area contributed by atoms with Crippen molar-refractivity contribution >= 4 is 15.7 Å². The summed E-state index contributed by atoms with van der Waals surface area (Å²) in [5.41, 5.74) is 3.66. The van der Waals surface area contributed by atoms with Crippen molar-refractivity contribution in [2.75, 3.05) is 10.8 Å². The van der Waals surface area contributed by atoms with E-state index in [2.05, 4.69) is 6.07 Å². The number of hydrogen-bond donors (Lipinski definition) is 0. The molecule has 0 radical (unpaired) electrons. The summed E-state index contributed by atoms with van der Waals surface area (Å²) >= 11 is 0. The monoisotopic (exact) mass is 383 g/mol. The maximum Gasteiger partial charge on any atom is 0.264 e. The molecular weight excluding hydrogens is 358 g/mol. The zero-order valence-electron chi connectivity index (χ0n) is 15.9. The van der Waals surface area contributed by atoms with Crippen LogP contribution in [-0.2, 0) is 32.4 Å². The van der Waals surface area contributed by atoms with Gasteiger partial charge in [0.05, 0.1) is 22.8 Å².